The standard InChI is InChI=1S/C7H12.C2H4/c1-5-7(4)6(2)3;1-2/h5H,2H2,1,3-4H3;1-2H2/b7-5-;. The summed E-state index contributed by atoms with van der Waals surface area (Å²) in [7, 11) is 0. The highest BCUT2D eigenvalue weighted by Gasteiger charge is 1.81. The van der Waals surface area contributed by atoms with Crippen LogP contribution in [0.25, 0.3) is 0 Å². The first-order chi connectivity index (χ1) is 4.18. The fraction of sp³-hybridized carbons (Fsp3) is 0.333. The molecule has 0 spiro atoms. The number of rotatable bonds is 1. The average Bonchev–Trinajstić information content (AvgIpc) is 1.91. The fourth-order valence-electron chi connectivity index (χ4n) is 0.246. The van der Waals surface area contributed by atoms with Crippen molar-refractivity contribution in [1.82, 2.24) is 0 Å². The zero-order chi connectivity index (χ0) is 7.86. The van der Waals surface area contributed by atoms with Crippen molar-refractivity contribution in [3.63, 3.8) is 0 Å². The van der Waals surface area contributed by atoms with Gasteiger partial charge in [-0.05, 0) is 20.8 Å². The van der Waals surface area contributed by atoms with E-state index in [0.29, 0.717) is 0 Å². The Kier molecular flexibility index (Phi) is 8.89. The molecule has 0 aromatic rings. The van der Waals surface area contributed by atoms with Gasteiger partial charge in [-0.15, -0.1) is 13.2 Å². The normalized spacial score (nSPS) is 9.44. The highest BCUT2D eigenvalue weighted by atomic mass is 13.9. The van der Waals surface area contributed by atoms with Crippen molar-refractivity contribution in [3.8, 4) is 0 Å². The number of allylic oxidation sites excluding steroid dienone is 3. The molecule has 9 heavy (non-hydrogen) atoms. The first kappa shape index (κ1) is 11.1. The second kappa shape index (κ2) is 7.22. The summed E-state index contributed by atoms with van der Waals surface area (Å²) in [6, 6.07) is 0. The van der Waals surface area contributed by atoms with Gasteiger partial charge in [0.25, 0.3) is 0 Å². The molecule has 0 aliphatic carbocycles. The summed E-state index contributed by atoms with van der Waals surface area (Å²) in [5.74, 6) is 0. The molecule has 0 aliphatic heterocycles. The van der Waals surface area contributed by atoms with Crippen LogP contribution in [0.15, 0.2) is 37.0 Å². The minimum atomic E-state index is 1.16. The van der Waals surface area contributed by atoms with Crippen LogP contribution >= 0.6 is 0 Å². The van der Waals surface area contributed by atoms with Crippen molar-refractivity contribution >= 4 is 0 Å². The lowest BCUT2D eigenvalue weighted by atomic mass is 10.2. The molecule has 0 saturated carbocycles. The topological polar surface area (TPSA) is 0 Å². The van der Waals surface area contributed by atoms with Crippen molar-refractivity contribution in [2.75, 3.05) is 0 Å². The van der Waals surface area contributed by atoms with Crippen molar-refractivity contribution in [3.05, 3.63) is 37.0 Å². The molecule has 0 aromatic carbocycles. The summed E-state index contributed by atoms with van der Waals surface area (Å²) in [6.45, 7) is 15.8. The summed E-state index contributed by atoms with van der Waals surface area (Å²) in [6.07, 6.45) is 2.06. The van der Waals surface area contributed by atoms with Gasteiger partial charge in [0.2, 0.25) is 0 Å². The number of hydrogen-bond acceptors (Lipinski definition) is 0. The third-order valence-corrected chi connectivity index (χ3v) is 1.11. The summed E-state index contributed by atoms with van der Waals surface area (Å²) < 4.78 is 0. The predicted octanol–water partition coefficient (Wildman–Crippen LogP) is 3.33. The Bertz CT molecular complexity index is 107. The third-order valence-electron chi connectivity index (χ3n) is 1.11. The summed E-state index contributed by atoms with van der Waals surface area (Å²) >= 11 is 0. The van der Waals surface area contributed by atoms with Crippen LogP contribution in [0.2, 0.25) is 0 Å². The Morgan fingerprint density at radius 1 is 1.22 bits per heavy atom. The second-order valence-corrected chi connectivity index (χ2v) is 1.75. The quantitative estimate of drug-likeness (QED) is 0.371. The van der Waals surface area contributed by atoms with Gasteiger partial charge in [-0.1, -0.05) is 23.8 Å². The molecular formula is C9H16. The Morgan fingerprint density at radius 2 is 1.56 bits per heavy atom. The lowest BCUT2D eigenvalue weighted by molar-refractivity contribution is 1.34. The van der Waals surface area contributed by atoms with Gasteiger partial charge in [0.05, 0.1) is 0 Å². The highest BCUT2D eigenvalue weighted by molar-refractivity contribution is 5.22. The zero-order valence-corrected chi connectivity index (χ0v) is 6.70. The van der Waals surface area contributed by atoms with E-state index in [1.54, 1.807) is 0 Å². The van der Waals surface area contributed by atoms with Crippen molar-refractivity contribution in [1.29, 1.82) is 0 Å². The first-order valence-corrected chi connectivity index (χ1v) is 2.97. The maximum atomic E-state index is 3.76. The SMILES string of the molecule is C=C.C=C(C)/C(C)=C\C. The van der Waals surface area contributed by atoms with E-state index in [0.717, 1.165) is 5.57 Å². The van der Waals surface area contributed by atoms with Crippen molar-refractivity contribution in [2.24, 2.45) is 0 Å². The summed E-state index contributed by atoms with van der Waals surface area (Å²) in [4.78, 5) is 0. The molecule has 0 N–H and O–H groups in total. The lowest BCUT2D eigenvalue weighted by Gasteiger charge is -1.92. The van der Waals surface area contributed by atoms with Crippen LogP contribution in [0, 0.1) is 0 Å². The molecule has 0 aliphatic rings. The van der Waals surface area contributed by atoms with Gasteiger partial charge in [0.15, 0.2) is 0 Å². The molecule has 0 bridgehead atoms. The lowest BCUT2D eigenvalue weighted by Crippen LogP contribution is -1.71. The summed E-state index contributed by atoms with van der Waals surface area (Å²) in [5.41, 5.74) is 2.43. The predicted molar refractivity (Wildman–Crippen MR) is 45.5 cm³/mol. The van der Waals surface area contributed by atoms with E-state index in [1.807, 2.05) is 13.8 Å². The molecule has 0 rings (SSSR count). The van der Waals surface area contributed by atoms with E-state index < -0.39 is 0 Å². The van der Waals surface area contributed by atoms with Crippen LogP contribution in [-0.2, 0) is 0 Å². The molecule has 0 heteroatoms. The van der Waals surface area contributed by atoms with E-state index in [4.69, 9.17) is 0 Å². The molecular weight excluding hydrogens is 108 g/mol. The maximum absolute atomic E-state index is 3.76. The van der Waals surface area contributed by atoms with Crippen LogP contribution in [0.4, 0.5) is 0 Å². The molecule has 0 heterocycles. The van der Waals surface area contributed by atoms with E-state index in [2.05, 4.69) is 32.7 Å². The van der Waals surface area contributed by atoms with Gasteiger partial charge >= 0.3 is 0 Å². The largest absolute Gasteiger partial charge is 0.106 e. The molecule has 0 unspecified atom stereocenters. The zero-order valence-electron chi connectivity index (χ0n) is 6.70. The summed E-state index contributed by atoms with van der Waals surface area (Å²) in [5, 5.41) is 0. The van der Waals surface area contributed by atoms with Gasteiger partial charge < -0.3 is 0 Å². The van der Waals surface area contributed by atoms with E-state index in [1.165, 1.54) is 5.57 Å². The monoisotopic (exact) mass is 124 g/mol. The van der Waals surface area contributed by atoms with Gasteiger partial charge in [0.1, 0.15) is 0 Å². The first-order valence-electron chi connectivity index (χ1n) is 2.97. The minimum Gasteiger partial charge on any atom is -0.106 e. The molecule has 0 atom stereocenters. The molecule has 0 radical (unpaired) electrons. The molecule has 52 valence electrons. The Labute approximate surface area is 58.6 Å². The Hall–Kier alpha value is -0.780. The van der Waals surface area contributed by atoms with Crippen LogP contribution in [0.1, 0.15) is 20.8 Å². The van der Waals surface area contributed by atoms with Crippen molar-refractivity contribution < 1.29 is 0 Å². The van der Waals surface area contributed by atoms with Crippen LogP contribution < -0.4 is 0 Å². The number of hydrogen-bond donors (Lipinski definition) is 0. The fourth-order valence-corrected chi connectivity index (χ4v) is 0.246. The van der Waals surface area contributed by atoms with Gasteiger partial charge in [-0.2, -0.15) is 0 Å². The van der Waals surface area contributed by atoms with Crippen molar-refractivity contribution in [2.45, 2.75) is 20.8 Å². The van der Waals surface area contributed by atoms with E-state index in [-0.39, 0.29) is 0 Å². The average molecular weight is 124 g/mol. The van der Waals surface area contributed by atoms with Gasteiger partial charge in [-0.3, -0.25) is 0 Å². The molecule has 0 aromatic heterocycles. The van der Waals surface area contributed by atoms with Crippen LogP contribution in [0.3, 0.4) is 0 Å². The highest BCUT2D eigenvalue weighted by Crippen LogP contribution is 2.02. The third kappa shape index (κ3) is 7.22. The second-order valence-electron chi connectivity index (χ2n) is 1.75. The molecule has 0 saturated heterocycles. The van der Waals surface area contributed by atoms with Crippen LogP contribution in [0.5, 0.6) is 0 Å². The van der Waals surface area contributed by atoms with E-state index >= 15 is 0 Å². The van der Waals surface area contributed by atoms with Crippen LogP contribution in [-0.4, -0.2) is 0 Å². The maximum Gasteiger partial charge on any atom is -0.0399 e. The smallest absolute Gasteiger partial charge is 0.0399 e. The molecule has 0 amide bonds. The van der Waals surface area contributed by atoms with Gasteiger partial charge in [-0.25, -0.2) is 0 Å². The Morgan fingerprint density at radius 3 is 1.56 bits per heavy atom. The molecule has 0 fully saturated rings. The molecule has 0 nitrogen and oxygen atoms in total. The minimum absolute atomic E-state index is 1.16. The van der Waals surface area contributed by atoms with Gasteiger partial charge in [0, 0.05) is 0 Å². The van der Waals surface area contributed by atoms with E-state index in [9.17, 15) is 0 Å². The Balaban J connectivity index is 0.